The number of aliphatic hydroxyl groups is 1. The minimum atomic E-state index is -0.676. The van der Waals surface area contributed by atoms with Crippen molar-refractivity contribution in [2.45, 2.75) is 39.0 Å². The number of benzene rings is 2. The van der Waals surface area contributed by atoms with E-state index in [-0.39, 0.29) is 6.61 Å². The summed E-state index contributed by atoms with van der Waals surface area (Å²) in [6, 6.07) is 15.4. The number of unbranched alkanes of at least 4 members (excludes halogenated alkanes) is 1. The topological polar surface area (TPSA) is 73.5 Å². The average Bonchev–Trinajstić information content (AvgIpc) is 2.96. The summed E-state index contributed by atoms with van der Waals surface area (Å²) in [5.41, 5.74) is 8.52. The van der Waals surface area contributed by atoms with E-state index in [2.05, 4.69) is 17.6 Å². The van der Waals surface area contributed by atoms with Gasteiger partial charge in [0.2, 0.25) is 0 Å². The van der Waals surface area contributed by atoms with Crippen LogP contribution in [0.15, 0.2) is 48.5 Å². The molecule has 144 valence electrons. The van der Waals surface area contributed by atoms with Crippen molar-refractivity contribution in [2.75, 3.05) is 19.5 Å². The van der Waals surface area contributed by atoms with Gasteiger partial charge < -0.3 is 14.6 Å². The van der Waals surface area contributed by atoms with Gasteiger partial charge in [0.05, 0.1) is 13.7 Å². The summed E-state index contributed by atoms with van der Waals surface area (Å²) in [5.74, 6) is 2.12. The summed E-state index contributed by atoms with van der Waals surface area (Å²) < 4.78 is 14.9. The molecular weight excluding hydrogens is 342 g/mol. The Balaban J connectivity index is 1.72. The van der Waals surface area contributed by atoms with Crippen LogP contribution in [0.4, 0.5) is 5.95 Å². The second kappa shape index (κ2) is 8.77. The fourth-order valence-electron chi connectivity index (χ4n) is 3.18. The molecule has 1 heterocycles. The molecule has 3 aromatic rings. The SMILES string of the molecule is CCCCn1c(N)[n+](C[C@@H](O)COc2ccc(OC)cc2)c2ccccc21. The number of aliphatic hydroxyl groups excluding tert-OH is 1. The minimum Gasteiger partial charge on any atom is -0.497 e. The van der Waals surface area contributed by atoms with E-state index in [1.54, 1.807) is 7.11 Å². The lowest BCUT2D eigenvalue weighted by Gasteiger charge is -2.12. The third kappa shape index (κ3) is 4.34. The lowest BCUT2D eigenvalue weighted by molar-refractivity contribution is -0.665. The Morgan fingerprint density at radius 1 is 1.11 bits per heavy atom. The van der Waals surface area contributed by atoms with Gasteiger partial charge in [-0.05, 0) is 42.8 Å². The first kappa shape index (κ1) is 19.0. The van der Waals surface area contributed by atoms with Gasteiger partial charge in [0.1, 0.15) is 41.8 Å². The van der Waals surface area contributed by atoms with Crippen molar-refractivity contribution < 1.29 is 19.1 Å². The first-order valence-corrected chi connectivity index (χ1v) is 9.35. The molecule has 0 radical (unpaired) electrons. The standard InChI is InChI=1S/C21H27N3O3/c1-3-4-13-23-19-7-5-6-8-20(19)24(21(23)22)14-16(25)15-27-18-11-9-17(26-2)10-12-18/h5-12,16,22,25H,3-4,13-15H2,1-2H3/p+1/t16-/m1/s1. The number of nitrogen functional groups attached to an aromatic ring is 1. The van der Waals surface area contributed by atoms with E-state index in [0.717, 1.165) is 36.2 Å². The monoisotopic (exact) mass is 370 g/mol. The number of ether oxygens (including phenoxy) is 2. The van der Waals surface area contributed by atoms with Crippen LogP contribution >= 0.6 is 0 Å². The highest BCUT2D eigenvalue weighted by Gasteiger charge is 2.22. The van der Waals surface area contributed by atoms with Gasteiger partial charge in [0, 0.05) is 0 Å². The van der Waals surface area contributed by atoms with Crippen LogP contribution in [0.1, 0.15) is 19.8 Å². The van der Waals surface area contributed by atoms with E-state index in [1.807, 2.05) is 47.0 Å². The van der Waals surface area contributed by atoms with E-state index < -0.39 is 6.10 Å². The first-order valence-electron chi connectivity index (χ1n) is 9.35. The molecule has 6 nitrogen and oxygen atoms in total. The number of methoxy groups -OCH3 is 1. The van der Waals surface area contributed by atoms with Crippen molar-refractivity contribution in [1.29, 1.82) is 0 Å². The van der Waals surface area contributed by atoms with Crippen LogP contribution in [-0.4, -0.2) is 29.5 Å². The number of imidazole rings is 1. The maximum Gasteiger partial charge on any atom is 0.356 e. The van der Waals surface area contributed by atoms with Crippen LogP contribution in [0.3, 0.4) is 0 Å². The maximum absolute atomic E-state index is 10.5. The van der Waals surface area contributed by atoms with E-state index in [1.165, 1.54) is 0 Å². The van der Waals surface area contributed by atoms with E-state index >= 15 is 0 Å². The third-order valence-corrected chi connectivity index (χ3v) is 4.65. The first-order chi connectivity index (χ1) is 13.1. The second-order valence-corrected chi connectivity index (χ2v) is 6.60. The zero-order valence-electron chi connectivity index (χ0n) is 16.0. The van der Waals surface area contributed by atoms with Crippen molar-refractivity contribution in [3.05, 3.63) is 48.5 Å². The van der Waals surface area contributed by atoms with Crippen molar-refractivity contribution in [1.82, 2.24) is 4.57 Å². The average molecular weight is 370 g/mol. The van der Waals surface area contributed by atoms with E-state index in [9.17, 15) is 5.11 Å². The second-order valence-electron chi connectivity index (χ2n) is 6.60. The van der Waals surface area contributed by atoms with Gasteiger partial charge >= 0.3 is 5.95 Å². The highest BCUT2D eigenvalue weighted by Crippen LogP contribution is 2.19. The molecule has 0 aliphatic heterocycles. The summed E-state index contributed by atoms with van der Waals surface area (Å²) >= 11 is 0. The molecule has 0 saturated carbocycles. The predicted octanol–water partition coefficient (Wildman–Crippen LogP) is 2.76. The molecular formula is C21H28N3O3+. The Labute approximate surface area is 159 Å². The number of fused-ring (bicyclic) bond motifs is 1. The van der Waals surface area contributed by atoms with Crippen molar-refractivity contribution in [3.8, 4) is 11.5 Å². The molecule has 27 heavy (non-hydrogen) atoms. The van der Waals surface area contributed by atoms with Crippen LogP contribution in [-0.2, 0) is 13.1 Å². The summed E-state index contributed by atoms with van der Waals surface area (Å²) in [6.07, 6.45) is 1.49. The molecule has 0 aliphatic rings. The molecule has 3 rings (SSSR count). The Kier molecular flexibility index (Phi) is 6.19. The summed E-state index contributed by atoms with van der Waals surface area (Å²) in [4.78, 5) is 0. The van der Waals surface area contributed by atoms with Gasteiger partial charge in [0.15, 0.2) is 0 Å². The van der Waals surface area contributed by atoms with Gasteiger partial charge in [-0.15, -0.1) is 0 Å². The third-order valence-electron chi connectivity index (χ3n) is 4.65. The highest BCUT2D eigenvalue weighted by molar-refractivity contribution is 5.73. The van der Waals surface area contributed by atoms with Crippen LogP contribution in [0.5, 0.6) is 11.5 Å². The fourth-order valence-corrected chi connectivity index (χ4v) is 3.18. The number of para-hydroxylation sites is 2. The zero-order chi connectivity index (χ0) is 19.2. The maximum atomic E-state index is 10.5. The molecule has 6 heteroatoms. The van der Waals surface area contributed by atoms with Gasteiger partial charge in [0.25, 0.3) is 0 Å². The molecule has 0 unspecified atom stereocenters. The quantitative estimate of drug-likeness (QED) is 0.568. The molecule has 2 aromatic carbocycles. The van der Waals surface area contributed by atoms with Gasteiger partial charge in [-0.25, -0.2) is 9.13 Å². The molecule has 1 aromatic heterocycles. The molecule has 3 N–H and O–H groups in total. The molecule has 0 amide bonds. The smallest absolute Gasteiger partial charge is 0.356 e. The summed E-state index contributed by atoms with van der Waals surface area (Å²) in [7, 11) is 1.62. The summed E-state index contributed by atoms with van der Waals surface area (Å²) in [5, 5.41) is 10.5. The van der Waals surface area contributed by atoms with Crippen molar-refractivity contribution in [2.24, 2.45) is 0 Å². The fraction of sp³-hybridized carbons (Fsp3) is 0.381. The Bertz CT molecular complexity index is 874. The number of hydrogen-bond acceptors (Lipinski definition) is 4. The number of hydrogen-bond donors (Lipinski definition) is 2. The summed E-state index contributed by atoms with van der Waals surface area (Å²) in [6.45, 7) is 3.60. The predicted molar refractivity (Wildman–Crippen MR) is 106 cm³/mol. The Morgan fingerprint density at radius 3 is 2.52 bits per heavy atom. The molecule has 0 bridgehead atoms. The number of aryl methyl sites for hydroxylation is 1. The number of aromatic nitrogens is 2. The zero-order valence-corrected chi connectivity index (χ0v) is 16.0. The highest BCUT2D eigenvalue weighted by atomic mass is 16.5. The van der Waals surface area contributed by atoms with Crippen LogP contribution in [0.2, 0.25) is 0 Å². The van der Waals surface area contributed by atoms with Crippen LogP contribution in [0, 0.1) is 0 Å². The van der Waals surface area contributed by atoms with Crippen molar-refractivity contribution in [3.63, 3.8) is 0 Å². The van der Waals surface area contributed by atoms with E-state index in [4.69, 9.17) is 15.2 Å². The molecule has 0 spiro atoms. The Hall–Kier alpha value is -2.73. The van der Waals surface area contributed by atoms with Gasteiger partial charge in [-0.3, -0.25) is 5.73 Å². The largest absolute Gasteiger partial charge is 0.497 e. The molecule has 1 atom stereocenters. The van der Waals surface area contributed by atoms with Crippen LogP contribution in [0.25, 0.3) is 11.0 Å². The van der Waals surface area contributed by atoms with Gasteiger partial charge in [-0.2, -0.15) is 0 Å². The number of nitrogens with zero attached hydrogens (tertiary/aromatic N) is 2. The number of anilines is 1. The normalized spacial score (nSPS) is 12.3. The van der Waals surface area contributed by atoms with Crippen LogP contribution < -0.4 is 19.8 Å². The Morgan fingerprint density at radius 2 is 1.81 bits per heavy atom. The van der Waals surface area contributed by atoms with Gasteiger partial charge in [-0.1, -0.05) is 25.5 Å². The number of rotatable bonds is 9. The van der Waals surface area contributed by atoms with E-state index in [0.29, 0.717) is 18.2 Å². The lowest BCUT2D eigenvalue weighted by atomic mass is 10.3. The molecule has 0 fully saturated rings. The minimum absolute atomic E-state index is 0.188. The molecule has 0 aliphatic carbocycles. The molecule has 0 saturated heterocycles. The lowest BCUT2D eigenvalue weighted by Crippen LogP contribution is -2.43. The number of nitrogens with two attached hydrogens (primary N) is 1. The van der Waals surface area contributed by atoms with Crippen molar-refractivity contribution >= 4 is 17.0 Å².